The van der Waals surface area contributed by atoms with Crippen molar-refractivity contribution in [1.82, 2.24) is 5.32 Å². The second kappa shape index (κ2) is 7.43. The number of carboxylic acid groups (broad SMARTS) is 2. The van der Waals surface area contributed by atoms with Crippen molar-refractivity contribution < 1.29 is 41.8 Å². The summed E-state index contributed by atoms with van der Waals surface area (Å²) in [4.78, 5) is 25.2. The first-order valence-electron chi connectivity index (χ1n) is 9.99. The molecule has 0 bridgehead atoms. The molecule has 2 fully saturated rings. The second-order valence-electron chi connectivity index (χ2n) is 8.81. The van der Waals surface area contributed by atoms with Gasteiger partial charge in [0, 0.05) is 23.6 Å². The van der Waals surface area contributed by atoms with E-state index in [-0.39, 0.29) is 0 Å². The van der Waals surface area contributed by atoms with Crippen LogP contribution in [0.25, 0.3) is 0 Å². The molecular weight excluding hydrogens is 425 g/mol. The third-order valence-electron chi connectivity index (χ3n) is 7.52. The number of nitrogens with one attached hydrogen (secondary N) is 1. The van der Waals surface area contributed by atoms with E-state index in [1.165, 1.54) is 13.8 Å². The van der Waals surface area contributed by atoms with Crippen LogP contribution in [0, 0.1) is 28.4 Å². The maximum atomic E-state index is 15.1. The van der Waals surface area contributed by atoms with Crippen LogP contribution in [0.15, 0.2) is 12.1 Å². The van der Waals surface area contributed by atoms with Crippen LogP contribution in [0.3, 0.4) is 0 Å². The Hall–Kier alpha value is -2.23. The second-order valence-corrected chi connectivity index (χ2v) is 8.81. The summed E-state index contributed by atoms with van der Waals surface area (Å²) in [6, 6.07) is -1.21. The standard InChI is InChI=1S/C21H24F5NO4/c1-9-19(3,17(28)29)16(14-12(22)7-8-13(23)15(14)21(24,25)26)20(18(30)31,10(2)27-9)11-5-4-6-11/h7-11,16,27H,4-6H2,1-3H3,(H,28,29)(H,30,31). The Morgan fingerprint density at radius 1 is 1.03 bits per heavy atom. The molecule has 172 valence electrons. The predicted octanol–water partition coefficient (Wildman–Crippen LogP) is 4.41. The average molecular weight is 449 g/mol. The zero-order valence-electron chi connectivity index (χ0n) is 17.2. The Morgan fingerprint density at radius 2 is 1.58 bits per heavy atom. The first-order chi connectivity index (χ1) is 14.2. The first-order valence-corrected chi connectivity index (χ1v) is 9.99. The van der Waals surface area contributed by atoms with Crippen molar-refractivity contribution in [2.45, 2.75) is 64.2 Å². The molecule has 10 heteroatoms. The molecule has 1 aromatic carbocycles. The van der Waals surface area contributed by atoms with Gasteiger partial charge in [0.05, 0.1) is 16.4 Å². The van der Waals surface area contributed by atoms with E-state index in [1.807, 2.05) is 0 Å². The number of carbonyl (C=O) groups is 2. The van der Waals surface area contributed by atoms with Gasteiger partial charge < -0.3 is 15.5 Å². The molecule has 3 N–H and O–H groups in total. The van der Waals surface area contributed by atoms with Gasteiger partial charge in [0.2, 0.25) is 0 Å². The SMILES string of the molecule is CC1NC(C)C(C(=O)O)(C2CCC2)C(c2c(F)ccc(F)c2C(F)(F)F)C1(C)C(=O)O. The summed E-state index contributed by atoms with van der Waals surface area (Å²) < 4.78 is 71.4. The third kappa shape index (κ3) is 3.13. The minimum absolute atomic E-state index is 0.319. The number of benzene rings is 1. The number of hydrogen-bond acceptors (Lipinski definition) is 3. The minimum atomic E-state index is -5.36. The van der Waals surface area contributed by atoms with Crippen LogP contribution in [0.2, 0.25) is 0 Å². The number of carboxylic acids is 2. The molecule has 31 heavy (non-hydrogen) atoms. The summed E-state index contributed by atoms with van der Waals surface area (Å²) in [5.74, 6) is -9.04. The molecule has 1 heterocycles. The van der Waals surface area contributed by atoms with Gasteiger partial charge in [0.15, 0.2) is 0 Å². The van der Waals surface area contributed by atoms with Gasteiger partial charge in [-0.3, -0.25) is 9.59 Å². The highest BCUT2D eigenvalue weighted by atomic mass is 19.4. The molecular formula is C21H24F5NO4. The van der Waals surface area contributed by atoms with E-state index < -0.39 is 75.6 Å². The molecule has 1 aromatic rings. The van der Waals surface area contributed by atoms with Crippen molar-refractivity contribution in [2.24, 2.45) is 16.7 Å². The van der Waals surface area contributed by atoms with Crippen LogP contribution < -0.4 is 5.32 Å². The zero-order chi connectivity index (χ0) is 23.5. The molecule has 5 nitrogen and oxygen atoms in total. The zero-order valence-corrected chi connectivity index (χ0v) is 17.2. The van der Waals surface area contributed by atoms with Crippen LogP contribution in [-0.4, -0.2) is 34.2 Å². The molecule has 1 saturated carbocycles. The van der Waals surface area contributed by atoms with Gasteiger partial charge in [-0.15, -0.1) is 0 Å². The Balaban J connectivity index is 2.51. The van der Waals surface area contributed by atoms with Crippen molar-refractivity contribution in [1.29, 1.82) is 0 Å². The van der Waals surface area contributed by atoms with E-state index in [0.717, 1.165) is 6.92 Å². The van der Waals surface area contributed by atoms with Crippen molar-refractivity contribution in [2.75, 3.05) is 0 Å². The van der Waals surface area contributed by atoms with E-state index in [1.54, 1.807) is 0 Å². The summed E-state index contributed by atoms with van der Waals surface area (Å²) in [5, 5.41) is 23.4. The molecule has 3 rings (SSSR count). The molecule has 2 aliphatic rings. The summed E-state index contributed by atoms with van der Waals surface area (Å²) in [6.07, 6.45) is -4.09. The normalized spacial score (nSPS) is 34.3. The fraction of sp³-hybridized carbons (Fsp3) is 0.619. The predicted molar refractivity (Wildman–Crippen MR) is 99.3 cm³/mol. The summed E-state index contributed by atoms with van der Waals surface area (Å²) in [5.41, 5.74) is -7.44. The highest BCUT2D eigenvalue weighted by Crippen LogP contribution is 2.63. The number of halogens is 5. The summed E-state index contributed by atoms with van der Waals surface area (Å²) >= 11 is 0. The molecule has 5 atom stereocenters. The van der Waals surface area contributed by atoms with Gasteiger partial charge in [-0.05, 0) is 51.7 Å². The van der Waals surface area contributed by atoms with Gasteiger partial charge in [-0.25, -0.2) is 8.78 Å². The van der Waals surface area contributed by atoms with Crippen LogP contribution in [-0.2, 0) is 15.8 Å². The number of alkyl halides is 3. The van der Waals surface area contributed by atoms with Gasteiger partial charge in [-0.2, -0.15) is 13.2 Å². The third-order valence-corrected chi connectivity index (χ3v) is 7.52. The smallest absolute Gasteiger partial charge is 0.419 e. The lowest BCUT2D eigenvalue weighted by atomic mass is 9.45. The maximum Gasteiger partial charge on any atom is 0.419 e. The molecule has 0 aromatic heterocycles. The van der Waals surface area contributed by atoms with E-state index in [9.17, 15) is 37.4 Å². The van der Waals surface area contributed by atoms with Crippen molar-refractivity contribution in [3.8, 4) is 0 Å². The molecule has 5 unspecified atom stereocenters. The van der Waals surface area contributed by atoms with Crippen molar-refractivity contribution in [3.63, 3.8) is 0 Å². The van der Waals surface area contributed by atoms with E-state index in [2.05, 4.69) is 5.32 Å². The maximum absolute atomic E-state index is 15.1. The number of aliphatic carboxylic acids is 2. The fourth-order valence-electron chi connectivity index (χ4n) is 5.63. The minimum Gasteiger partial charge on any atom is -0.481 e. The Labute approximate surface area is 175 Å². The average Bonchev–Trinajstić information content (AvgIpc) is 2.58. The number of hydrogen-bond donors (Lipinski definition) is 3. The highest BCUT2D eigenvalue weighted by molar-refractivity contribution is 5.84. The quantitative estimate of drug-likeness (QED) is 0.593. The largest absolute Gasteiger partial charge is 0.481 e. The van der Waals surface area contributed by atoms with Crippen LogP contribution in [0.4, 0.5) is 22.0 Å². The van der Waals surface area contributed by atoms with Crippen LogP contribution >= 0.6 is 0 Å². The van der Waals surface area contributed by atoms with Crippen molar-refractivity contribution in [3.05, 3.63) is 34.9 Å². The van der Waals surface area contributed by atoms with Gasteiger partial charge >= 0.3 is 18.1 Å². The highest BCUT2D eigenvalue weighted by Gasteiger charge is 2.69. The monoisotopic (exact) mass is 449 g/mol. The van der Waals surface area contributed by atoms with E-state index >= 15 is 4.39 Å². The molecule has 0 amide bonds. The van der Waals surface area contributed by atoms with Gasteiger partial charge in [-0.1, -0.05) is 6.42 Å². The van der Waals surface area contributed by atoms with Gasteiger partial charge in [0.1, 0.15) is 11.6 Å². The Bertz CT molecular complexity index is 916. The molecule has 1 aliphatic carbocycles. The van der Waals surface area contributed by atoms with E-state index in [0.29, 0.717) is 31.4 Å². The Morgan fingerprint density at radius 3 is 2.00 bits per heavy atom. The van der Waals surface area contributed by atoms with Gasteiger partial charge in [0.25, 0.3) is 0 Å². The molecule has 1 aliphatic heterocycles. The molecule has 0 radical (unpaired) electrons. The first kappa shape index (κ1) is 23.4. The number of rotatable bonds is 4. The van der Waals surface area contributed by atoms with Crippen LogP contribution in [0.5, 0.6) is 0 Å². The fourth-order valence-corrected chi connectivity index (χ4v) is 5.63. The topological polar surface area (TPSA) is 86.6 Å². The van der Waals surface area contributed by atoms with E-state index in [4.69, 9.17) is 0 Å². The van der Waals surface area contributed by atoms with Crippen molar-refractivity contribution >= 4 is 11.9 Å². The lowest BCUT2D eigenvalue weighted by Gasteiger charge is -2.60. The molecule has 1 saturated heterocycles. The lowest BCUT2D eigenvalue weighted by Crippen LogP contribution is -2.71. The summed E-state index contributed by atoms with van der Waals surface area (Å²) in [7, 11) is 0. The lowest BCUT2D eigenvalue weighted by molar-refractivity contribution is -0.182. The Kier molecular flexibility index (Phi) is 5.61. The van der Waals surface area contributed by atoms with Crippen LogP contribution in [0.1, 0.15) is 57.1 Å². The summed E-state index contributed by atoms with van der Waals surface area (Å²) in [6.45, 7) is 3.95. The molecule has 0 spiro atoms. The number of piperidine rings is 1.